The van der Waals surface area contributed by atoms with Crippen molar-refractivity contribution < 1.29 is 4.74 Å². The van der Waals surface area contributed by atoms with E-state index < -0.39 is 0 Å². The largest absolute Gasteiger partial charge is 0.492 e. The summed E-state index contributed by atoms with van der Waals surface area (Å²) in [5, 5.41) is 0. The SMILES string of the molecule is C[C@]1(CC2=CCCCCC2)COc2ccccc21. The maximum Gasteiger partial charge on any atom is 0.123 e. The quantitative estimate of drug-likeness (QED) is 0.688. The molecule has 0 bridgehead atoms. The first-order valence-electron chi connectivity index (χ1n) is 7.18. The van der Waals surface area contributed by atoms with Crippen molar-refractivity contribution in [2.24, 2.45) is 0 Å². The summed E-state index contributed by atoms with van der Waals surface area (Å²) >= 11 is 0. The molecule has 1 nitrogen and oxygen atoms in total. The van der Waals surface area contributed by atoms with Crippen molar-refractivity contribution in [2.75, 3.05) is 6.61 Å². The standard InChI is InChI=1S/C17H22O/c1-17(12-14-8-4-2-3-5-9-14)13-18-16-11-7-6-10-15(16)17/h6-8,10-11H,2-5,9,12-13H2,1H3/t17-/m0/s1. The lowest BCUT2D eigenvalue weighted by atomic mass is 9.78. The van der Waals surface area contributed by atoms with Gasteiger partial charge in [0.15, 0.2) is 0 Å². The maximum absolute atomic E-state index is 5.86. The zero-order valence-electron chi connectivity index (χ0n) is 11.2. The van der Waals surface area contributed by atoms with Crippen molar-refractivity contribution in [3.8, 4) is 5.75 Å². The van der Waals surface area contributed by atoms with E-state index >= 15 is 0 Å². The Balaban J connectivity index is 1.82. The van der Waals surface area contributed by atoms with Gasteiger partial charge in [0.1, 0.15) is 5.75 Å². The first-order chi connectivity index (χ1) is 8.78. The molecular formula is C17H22O. The topological polar surface area (TPSA) is 9.23 Å². The van der Waals surface area contributed by atoms with E-state index in [1.807, 2.05) is 0 Å². The molecule has 2 aliphatic rings. The average molecular weight is 242 g/mol. The van der Waals surface area contributed by atoms with Gasteiger partial charge in [-0.25, -0.2) is 0 Å². The number of hydrogen-bond acceptors (Lipinski definition) is 1. The normalized spacial score (nSPS) is 27.1. The Morgan fingerprint density at radius 2 is 2.06 bits per heavy atom. The number of para-hydroxylation sites is 1. The molecule has 0 saturated carbocycles. The van der Waals surface area contributed by atoms with Gasteiger partial charge in [0.05, 0.1) is 6.61 Å². The first-order valence-corrected chi connectivity index (χ1v) is 7.18. The second-order valence-corrected chi connectivity index (χ2v) is 5.98. The van der Waals surface area contributed by atoms with Gasteiger partial charge in [0.2, 0.25) is 0 Å². The van der Waals surface area contributed by atoms with E-state index in [0.717, 1.165) is 12.4 Å². The second-order valence-electron chi connectivity index (χ2n) is 5.98. The lowest BCUT2D eigenvalue weighted by molar-refractivity contribution is 0.275. The maximum atomic E-state index is 5.86. The Kier molecular flexibility index (Phi) is 3.15. The van der Waals surface area contributed by atoms with Crippen molar-refractivity contribution in [2.45, 2.75) is 50.9 Å². The van der Waals surface area contributed by atoms with E-state index in [2.05, 4.69) is 37.3 Å². The third-order valence-electron chi connectivity index (χ3n) is 4.34. The summed E-state index contributed by atoms with van der Waals surface area (Å²) in [6.45, 7) is 3.19. The molecule has 0 aromatic heterocycles. The zero-order chi connectivity index (χ0) is 12.4. The van der Waals surface area contributed by atoms with Crippen LogP contribution in [0, 0.1) is 0 Å². The summed E-state index contributed by atoms with van der Waals surface area (Å²) in [5.41, 5.74) is 3.23. The number of ether oxygens (including phenoxy) is 1. The first kappa shape index (κ1) is 11.8. The van der Waals surface area contributed by atoms with Crippen LogP contribution in [-0.4, -0.2) is 6.61 Å². The van der Waals surface area contributed by atoms with E-state index in [1.165, 1.54) is 44.1 Å². The van der Waals surface area contributed by atoms with Crippen LogP contribution >= 0.6 is 0 Å². The number of rotatable bonds is 2. The molecule has 0 amide bonds. The summed E-state index contributed by atoms with van der Waals surface area (Å²) in [6.07, 6.45) is 10.3. The van der Waals surface area contributed by atoms with Crippen LogP contribution in [0.2, 0.25) is 0 Å². The predicted molar refractivity (Wildman–Crippen MR) is 75.1 cm³/mol. The molecule has 1 aliphatic carbocycles. The van der Waals surface area contributed by atoms with Crippen LogP contribution < -0.4 is 4.74 Å². The molecule has 0 radical (unpaired) electrons. The fourth-order valence-corrected chi connectivity index (χ4v) is 3.30. The number of benzene rings is 1. The van der Waals surface area contributed by atoms with Crippen molar-refractivity contribution >= 4 is 0 Å². The molecule has 3 rings (SSSR count). The Morgan fingerprint density at radius 3 is 3.00 bits per heavy atom. The third kappa shape index (κ3) is 2.19. The molecule has 1 aromatic carbocycles. The highest BCUT2D eigenvalue weighted by Crippen LogP contribution is 2.43. The van der Waals surface area contributed by atoms with Crippen molar-refractivity contribution in [3.63, 3.8) is 0 Å². The Morgan fingerprint density at radius 1 is 1.17 bits per heavy atom. The third-order valence-corrected chi connectivity index (χ3v) is 4.34. The number of allylic oxidation sites excluding steroid dienone is 2. The summed E-state index contributed by atoms with van der Waals surface area (Å²) in [6, 6.07) is 8.53. The highest BCUT2D eigenvalue weighted by atomic mass is 16.5. The van der Waals surface area contributed by atoms with E-state index in [0.29, 0.717) is 0 Å². The van der Waals surface area contributed by atoms with E-state index in [4.69, 9.17) is 4.74 Å². The van der Waals surface area contributed by atoms with Gasteiger partial charge in [0.25, 0.3) is 0 Å². The van der Waals surface area contributed by atoms with E-state index in [-0.39, 0.29) is 5.41 Å². The number of fused-ring (bicyclic) bond motifs is 1. The molecule has 18 heavy (non-hydrogen) atoms. The van der Waals surface area contributed by atoms with Gasteiger partial charge < -0.3 is 4.74 Å². The van der Waals surface area contributed by atoms with Gasteiger partial charge in [-0.15, -0.1) is 0 Å². The highest BCUT2D eigenvalue weighted by Gasteiger charge is 2.36. The van der Waals surface area contributed by atoms with Crippen LogP contribution in [-0.2, 0) is 5.41 Å². The molecule has 1 atom stereocenters. The summed E-state index contributed by atoms with van der Waals surface area (Å²) < 4.78 is 5.86. The van der Waals surface area contributed by atoms with Crippen LogP contribution in [0.25, 0.3) is 0 Å². The highest BCUT2D eigenvalue weighted by molar-refractivity contribution is 5.44. The van der Waals surface area contributed by atoms with Crippen molar-refractivity contribution in [3.05, 3.63) is 41.5 Å². The van der Waals surface area contributed by atoms with Crippen LogP contribution in [0.15, 0.2) is 35.9 Å². The zero-order valence-corrected chi connectivity index (χ0v) is 11.2. The van der Waals surface area contributed by atoms with Gasteiger partial charge in [-0.2, -0.15) is 0 Å². The average Bonchev–Trinajstić information content (AvgIpc) is 2.56. The lowest BCUT2D eigenvalue weighted by Crippen LogP contribution is -2.24. The monoisotopic (exact) mass is 242 g/mol. The van der Waals surface area contributed by atoms with Crippen molar-refractivity contribution in [1.82, 2.24) is 0 Å². The fraction of sp³-hybridized carbons (Fsp3) is 0.529. The molecule has 1 aromatic rings. The Labute approximate surface area is 110 Å². The summed E-state index contributed by atoms with van der Waals surface area (Å²) in [7, 11) is 0. The van der Waals surface area contributed by atoms with Crippen molar-refractivity contribution in [1.29, 1.82) is 0 Å². The van der Waals surface area contributed by atoms with Crippen LogP contribution in [0.3, 0.4) is 0 Å². The minimum atomic E-state index is 0.187. The Bertz CT molecular complexity index is 460. The molecule has 1 heteroatoms. The van der Waals surface area contributed by atoms with Crippen LogP contribution in [0.1, 0.15) is 51.0 Å². The molecule has 1 heterocycles. The lowest BCUT2D eigenvalue weighted by Gasteiger charge is -2.24. The second kappa shape index (κ2) is 4.79. The summed E-state index contributed by atoms with van der Waals surface area (Å²) in [4.78, 5) is 0. The Hall–Kier alpha value is -1.24. The van der Waals surface area contributed by atoms with E-state index in [1.54, 1.807) is 5.57 Å². The molecule has 0 spiro atoms. The molecule has 96 valence electrons. The minimum Gasteiger partial charge on any atom is -0.492 e. The smallest absolute Gasteiger partial charge is 0.123 e. The van der Waals surface area contributed by atoms with Gasteiger partial charge >= 0.3 is 0 Å². The molecule has 0 N–H and O–H groups in total. The van der Waals surface area contributed by atoms with Gasteiger partial charge in [-0.3, -0.25) is 0 Å². The number of hydrogen-bond donors (Lipinski definition) is 0. The van der Waals surface area contributed by atoms with Gasteiger partial charge in [-0.1, -0.05) is 43.2 Å². The predicted octanol–water partition coefficient (Wildman–Crippen LogP) is 4.62. The molecule has 0 unspecified atom stereocenters. The molecule has 0 fully saturated rings. The van der Waals surface area contributed by atoms with E-state index in [9.17, 15) is 0 Å². The van der Waals surface area contributed by atoms with Gasteiger partial charge in [-0.05, 0) is 38.2 Å². The van der Waals surface area contributed by atoms with Crippen LogP contribution in [0.4, 0.5) is 0 Å². The molecule has 0 saturated heterocycles. The molecule has 1 aliphatic heterocycles. The van der Waals surface area contributed by atoms with Gasteiger partial charge in [0, 0.05) is 11.0 Å². The van der Waals surface area contributed by atoms with Crippen LogP contribution in [0.5, 0.6) is 5.75 Å². The molecular weight excluding hydrogens is 220 g/mol. The summed E-state index contributed by atoms with van der Waals surface area (Å²) in [5.74, 6) is 1.09. The fourth-order valence-electron chi connectivity index (χ4n) is 3.30. The minimum absolute atomic E-state index is 0.187.